The molecular weight excluding hydrogens is 328 g/mol. The van der Waals surface area contributed by atoms with Crippen molar-refractivity contribution in [2.75, 3.05) is 6.61 Å². The second-order valence-electron chi connectivity index (χ2n) is 6.13. The minimum absolute atomic E-state index is 0.178. The van der Waals surface area contributed by atoms with E-state index in [0.717, 1.165) is 30.4 Å². The highest BCUT2D eigenvalue weighted by atomic mass is 16.5. The summed E-state index contributed by atoms with van der Waals surface area (Å²) in [5, 5.41) is 0. The van der Waals surface area contributed by atoms with Crippen molar-refractivity contribution >= 4 is 11.9 Å². The standard InChI is InChI=1S/C22H24O4/c1-4-25-22(24)19-14-12-18(13-15-19)9-5-6-10-20-16(2)8-7-11-21(20)26-17(3)23/h6,10,12-15,21H,4,7-8,11H2,1-3H3/b10-6+. The molecule has 0 fully saturated rings. The fourth-order valence-electron chi connectivity index (χ4n) is 2.86. The Labute approximate surface area is 154 Å². The van der Waals surface area contributed by atoms with Crippen LogP contribution in [0.2, 0.25) is 0 Å². The predicted octanol–water partition coefficient (Wildman–Crippen LogP) is 4.20. The second-order valence-corrected chi connectivity index (χ2v) is 6.13. The number of rotatable bonds is 4. The van der Waals surface area contributed by atoms with Gasteiger partial charge in [0, 0.05) is 12.5 Å². The number of allylic oxidation sites excluding steroid dienone is 2. The van der Waals surface area contributed by atoms with Crippen LogP contribution in [-0.2, 0) is 14.3 Å². The van der Waals surface area contributed by atoms with Crippen molar-refractivity contribution in [2.45, 2.75) is 46.1 Å². The van der Waals surface area contributed by atoms with E-state index in [2.05, 4.69) is 18.8 Å². The van der Waals surface area contributed by atoms with Crippen molar-refractivity contribution in [3.05, 3.63) is 58.7 Å². The van der Waals surface area contributed by atoms with Gasteiger partial charge in [0.25, 0.3) is 0 Å². The summed E-state index contributed by atoms with van der Waals surface area (Å²) in [6.07, 6.45) is 6.42. The van der Waals surface area contributed by atoms with Crippen molar-refractivity contribution in [2.24, 2.45) is 0 Å². The maximum Gasteiger partial charge on any atom is 0.338 e. The minimum atomic E-state index is -0.330. The zero-order valence-electron chi connectivity index (χ0n) is 15.5. The Morgan fingerprint density at radius 2 is 2.00 bits per heavy atom. The second kappa shape index (κ2) is 9.62. The molecule has 0 spiro atoms. The van der Waals surface area contributed by atoms with E-state index in [9.17, 15) is 9.59 Å². The predicted molar refractivity (Wildman–Crippen MR) is 101 cm³/mol. The zero-order valence-corrected chi connectivity index (χ0v) is 15.5. The van der Waals surface area contributed by atoms with Gasteiger partial charge in [0.2, 0.25) is 0 Å². The van der Waals surface area contributed by atoms with Crippen LogP contribution < -0.4 is 0 Å². The van der Waals surface area contributed by atoms with Gasteiger partial charge in [-0.15, -0.1) is 0 Å². The van der Waals surface area contributed by atoms with Gasteiger partial charge in [-0.1, -0.05) is 17.4 Å². The summed E-state index contributed by atoms with van der Waals surface area (Å²) in [7, 11) is 0. The fraction of sp³-hybridized carbons (Fsp3) is 0.364. The topological polar surface area (TPSA) is 52.6 Å². The van der Waals surface area contributed by atoms with Crippen LogP contribution >= 0.6 is 0 Å². The van der Waals surface area contributed by atoms with Gasteiger partial charge in [0.05, 0.1) is 12.2 Å². The summed E-state index contributed by atoms with van der Waals surface area (Å²) >= 11 is 0. The van der Waals surface area contributed by atoms with Crippen LogP contribution in [0, 0.1) is 11.8 Å². The molecule has 2 rings (SSSR count). The Morgan fingerprint density at radius 3 is 2.65 bits per heavy atom. The first kappa shape index (κ1) is 19.5. The summed E-state index contributed by atoms with van der Waals surface area (Å²) < 4.78 is 10.4. The lowest BCUT2D eigenvalue weighted by molar-refractivity contribution is -0.144. The van der Waals surface area contributed by atoms with Crippen molar-refractivity contribution in [3.8, 4) is 11.8 Å². The smallest absolute Gasteiger partial charge is 0.338 e. The Kier molecular flexibility index (Phi) is 7.23. The van der Waals surface area contributed by atoms with Gasteiger partial charge in [-0.05, 0) is 75.1 Å². The molecule has 0 aromatic heterocycles. The Hall–Kier alpha value is -2.80. The zero-order chi connectivity index (χ0) is 18.9. The summed E-state index contributed by atoms with van der Waals surface area (Å²) in [5.41, 5.74) is 3.60. The first-order chi connectivity index (χ1) is 12.5. The molecule has 136 valence electrons. The normalized spacial score (nSPS) is 16.8. The Morgan fingerprint density at radius 1 is 1.27 bits per heavy atom. The van der Waals surface area contributed by atoms with E-state index in [1.807, 2.05) is 6.08 Å². The van der Waals surface area contributed by atoms with E-state index >= 15 is 0 Å². The summed E-state index contributed by atoms with van der Waals surface area (Å²) in [5.74, 6) is 5.44. The largest absolute Gasteiger partial charge is 0.462 e. The lowest BCUT2D eigenvalue weighted by Gasteiger charge is -2.25. The molecule has 0 heterocycles. The molecule has 0 saturated heterocycles. The van der Waals surface area contributed by atoms with Crippen LogP contribution in [0.25, 0.3) is 0 Å². The molecule has 1 aromatic rings. The average Bonchev–Trinajstić information content (AvgIpc) is 2.61. The van der Waals surface area contributed by atoms with E-state index in [4.69, 9.17) is 9.47 Å². The quantitative estimate of drug-likeness (QED) is 0.602. The van der Waals surface area contributed by atoms with E-state index in [1.54, 1.807) is 37.3 Å². The molecule has 0 saturated carbocycles. The number of benzene rings is 1. The molecule has 1 unspecified atom stereocenters. The van der Waals surface area contributed by atoms with Crippen molar-refractivity contribution < 1.29 is 19.1 Å². The third-order valence-electron chi connectivity index (χ3n) is 4.12. The molecule has 4 heteroatoms. The van der Waals surface area contributed by atoms with Crippen LogP contribution in [-0.4, -0.2) is 24.6 Å². The molecule has 0 N–H and O–H groups in total. The molecule has 0 radical (unpaired) electrons. The van der Waals surface area contributed by atoms with Gasteiger partial charge in [0.1, 0.15) is 6.10 Å². The Balaban J connectivity index is 2.05. The van der Waals surface area contributed by atoms with Gasteiger partial charge in [-0.3, -0.25) is 4.79 Å². The molecule has 1 aromatic carbocycles. The van der Waals surface area contributed by atoms with Crippen molar-refractivity contribution in [3.63, 3.8) is 0 Å². The molecule has 1 aliphatic carbocycles. The van der Waals surface area contributed by atoms with Crippen LogP contribution in [0.4, 0.5) is 0 Å². The lowest BCUT2D eigenvalue weighted by atomic mass is 9.90. The fourth-order valence-corrected chi connectivity index (χ4v) is 2.86. The van der Waals surface area contributed by atoms with Crippen LogP contribution in [0.5, 0.6) is 0 Å². The first-order valence-corrected chi connectivity index (χ1v) is 8.83. The highest BCUT2D eigenvalue weighted by Crippen LogP contribution is 2.28. The number of esters is 2. The maximum atomic E-state index is 11.6. The highest BCUT2D eigenvalue weighted by molar-refractivity contribution is 5.89. The van der Waals surface area contributed by atoms with E-state index < -0.39 is 0 Å². The van der Waals surface area contributed by atoms with Gasteiger partial charge in [-0.25, -0.2) is 4.79 Å². The number of carbonyl (C=O) groups is 2. The molecule has 1 atom stereocenters. The highest BCUT2D eigenvalue weighted by Gasteiger charge is 2.21. The van der Waals surface area contributed by atoms with Crippen LogP contribution in [0.3, 0.4) is 0 Å². The van der Waals surface area contributed by atoms with Gasteiger partial charge >= 0.3 is 11.9 Å². The van der Waals surface area contributed by atoms with Crippen LogP contribution in [0.1, 0.15) is 56.0 Å². The lowest BCUT2D eigenvalue weighted by Crippen LogP contribution is -2.22. The SMILES string of the molecule is CCOC(=O)c1ccc(C#C/C=C/C2=C(C)CCCC2OC(C)=O)cc1. The van der Waals surface area contributed by atoms with E-state index in [-0.39, 0.29) is 18.0 Å². The number of ether oxygens (including phenoxy) is 2. The Bertz CT molecular complexity index is 773. The summed E-state index contributed by atoms with van der Waals surface area (Å²) in [4.78, 5) is 22.9. The third kappa shape index (κ3) is 5.63. The number of hydrogen-bond donors (Lipinski definition) is 0. The van der Waals surface area contributed by atoms with Crippen molar-refractivity contribution in [1.82, 2.24) is 0 Å². The van der Waals surface area contributed by atoms with Crippen LogP contribution in [0.15, 0.2) is 47.6 Å². The minimum Gasteiger partial charge on any atom is -0.462 e. The summed E-state index contributed by atoms with van der Waals surface area (Å²) in [6.45, 7) is 5.64. The summed E-state index contributed by atoms with van der Waals surface area (Å²) in [6, 6.07) is 6.99. The average molecular weight is 352 g/mol. The molecule has 26 heavy (non-hydrogen) atoms. The first-order valence-electron chi connectivity index (χ1n) is 8.83. The number of carbonyl (C=O) groups excluding carboxylic acids is 2. The molecule has 0 amide bonds. The van der Waals surface area contributed by atoms with Gasteiger partial charge < -0.3 is 9.47 Å². The van der Waals surface area contributed by atoms with Gasteiger partial charge in [0.15, 0.2) is 0 Å². The van der Waals surface area contributed by atoms with Crippen molar-refractivity contribution in [1.29, 1.82) is 0 Å². The monoisotopic (exact) mass is 352 g/mol. The van der Waals surface area contributed by atoms with E-state index in [0.29, 0.717) is 12.2 Å². The third-order valence-corrected chi connectivity index (χ3v) is 4.12. The molecule has 4 nitrogen and oxygen atoms in total. The number of hydrogen-bond acceptors (Lipinski definition) is 4. The van der Waals surface area contributed by atoms with E-state index in [1.165, 1.54) is 12.5 Å². The maximum absolute atomic E-state index is 11.6. The van der Waals surface area contributed by atoms with Gasteiger partial charge in [-0.2, -0.15) is 0 Å². The molecule has 1 aliphatic rings. The molecular formula is C22H24O4. The molecule has 0 aliphatic heterocycles. The molecule has 0 bridgehead atoms.